The van der Waals surface area contributed by atoms with Gasteiger partial charge in [-0.05, 0) is 23.8 Å². The van der Waals surface area contributed by atoms with Gasteiger partial charge >= 0.3 is 6.18 Å². The summed E-state index contributed by atoms with van der Waals surface area (Å²) in [5.74, 6) is -4.01. The summed E-state index contributed by atoms with van der Waals surface area (Å²) in [6, 6.07) is 3.63. The van der Waals surface area contributed by atoms with Crippen molar-refractivity contribution in [1.82, 2.24) is 4.98 Å². The highest BCUT2D eigenvalue weighted by atomic mass is 19.4. The second-order valence-electron chi connectivity index (χ2n) is 4.91. The predicted octanol–water partition coefficient (Wildman–Crippen LogP) is 3.63. The molecule has 0 saturated carbocycles. The van der Waals surface area contributed by atoms with Crippen LogP contribution in [-0.4, -0.2) is 10.9 Å². The summed E-state index contributed by atoms with van der Waals surface area (Å²) in [7, 11) is 0. The Bertz CT molecular complexity index is 758. The molecule has 1 atom stereocenters. The lowest BCUT2D eigenvalue weighted by molar-refractivity contribution is -0.137. The number of carbonyl (C=O) groups excluding carboxylic acids is 1. The molecule has 0 aliphatic carbocycles. The minimum atomic E-state index is -4.68. The second kappa shape index (κ2) is 5.94. The average molecular weight is 330 g/mol. The number of rotatable bonds is 3. The third-order valence-electron chi connectivity index (χ3n) is 3.37. The van der Waals surface area contributed by atoms with Crippen LogP contribution in [0.1, 0.15) is 40.0 Å². The fraction of sp³-hybridized carbons (Fsp3) is 0.200. The molecular weight excluding hydrogens is 319 g/mol. The van der Waals surface area contributed by atoms with Crippen molar-refractivity contribution in [2.24, 2.45) is 5.73 Å². The Morgan fingerprint density at radius 3 is 2.35 bits per heavy atom. The molecule has 0 saturated heterocycles. The lowest BCUT2D eigenvalue weighted by Gasteiger charge is -2.16. The van der Waals surface area contributed by atoms with Crippen LogP contribution in [0.4, 0.5) is 22.0 Å². The summed E-state index contributed by atoms with van der Waals surface area (Å²) in [5, 5.41) is 0. The molecule has 23 heavy (non-hydrogen) atoms. The van der Waals surface area contributed by atoms with Gasteiger partial charge in [0.25, 0.3) is 5.91 Å². The third-order valence-corrected chi connectivity index (χ3v) is 3.37. The van der Waals surface area contributed by atoms with E-state index in [1.165, 1.54) is 13.0 Å². The number of hydrogen-bond acceptors (Lipinski definition) is 2. The number of benzene rings is 1. The molecule has 8 heteroatoms. The predicted molar refractivity (Wildman–Crippen MR) is 71.6 cm³/mol. The quantitative estimate of drug-likeness (QED) is 0.874. The average Bonchev–Trinajstić information content (AvgIpc) is 2.47. The van der Waals surface area contributed by atoms with Gasteiger partial charge in [0.2, 0.25) is 0 Å². The van der Waals surface area contributed by atoms with Gasteiger partial charge in [-0.1, -0.05) is 13.0 Å². The Hall–Kier alpha value is -2.51. The van der Waals surface area contributed by atoms with E-state index in [9.17, 15) is 26.7 Å². The Balaban J connectivity index is 2.53. The van der Waals surface area contributed by atoms with Crippen LogP contribution in [0.5, 0.6) is 0 Å². The Morgan fingerprint density at radius 1 is 1.17 bits per heavy atom. The van der Waals surface area contributed by atoms with Gasteiger partial charge in [-0.3, -0.25) is 9.78 Å². The summed E-state index contributed by atoms with van der Waals surface area (Å²) in [6.07, 6.45) is -4.11. The Morgan fingerprint density at radius 2 is 1.83 bits per heavy atom. The van der Waals surface area contributed by atoms with E-state index in [4.69, 9.17) is 5.73 Å². The van der Waals surface area contributed by atoms with Gasteiger partial charge < -0.3 is 5.73 Å². The summed E-state index contributed by atoms with van der Waals surface area (Å²) < 4.78 is 64.4. The van der Waals surface area contributed by atoms with E-state index in [1.807, 2.05) is 0 Å². The fourth-order valence-corrected chi connectivity index (χ4v) is 2.11. The number of primary amides is 1. The normalized spacial score (nSPS) is 13.0. The van der Waals surface area contributed by atoms with Crippen molar-refractivity contribution in [1.29, 1.82) is 0 Å². The standard InChI is InChI=1S/C15H11F5N2O/c1-7(8-2-3-11(16)12(17)4-8)13-10(14(21)23)5-9(6-22-13)15(18,19)20/h2-7H,1H3,(H2,21,23)/t7-/m0/s1. The van der Waals surface area contributed by atoms with Crippen molar-refractivity contribution >= 4 is 5.91 Å². The molecule has 1 heterocycles. The van der Waals surface area contributed by atoms with E-state index in [0.29, 0.717) is 12.3 Å². The van der Waals surface area contributed by atoms with Gasteiger partial charge in [-0.2, -0.15) is 13.2 Å². The highest BCUT2D eigenvalue weighted by Gasteiger charge is 2.33. The molecule has 3 nitrogen and oxygen atoms in total. The van der Waals surface area contributed by atoms with Crippen LogP contribution in [0, 0.1) is 11.6 Å². The molecular formula is C15H11F5N2O. The van der Waals surface area contributed by atoms with Crippen molar-refractivity contribution < 1.29 is 26.7 Å². The lowest BCUT2D eigenvalue weighted by Crippen LogP contribution is -2.19. The first-order valence-corrected chi connectivity index (χ1v) is 6.43. The van der Waals surface area contributed by atoms with Gasteiger partial charge in [0.15, 0.2) is 11.6 Å². The molecule has 1 amide bonds. The van der Waals surface area contributed by atoms with Crippen molar-refractivity contribution in [3.8, 4) is 0 Å². The maximum Gasteiger partial charge on any atom is 0.417 e. The van der Waals surface area contributed by atoms with Crippen LogP contribution in [0.25, 0.3) is 0 Å². The molecule has 1 aromatic heterocycles. The number of carbonyl (C=O) groups is 1. The number of nitrogens with zero attached hydrogens (tertiary/aromatic N) is 1. The molecule has 0 radical (unpaired) electrons. The summed E-state index contributed by atoms with van der Waals surface area (Å²) >= 11 is 0. The topological polar surface area (TPSA) is 56.0 Å². The van der Waals surface area contributed by atoms with E-state index in [-0.39, 0.29) is 11.3 Å². The monoisotopic (exact) mass is 330 g/mol. The van der Waals surface area contributed by atoms with Crippen LogP contribution >= 0.6 is 0 Å². The Kier molecular flexibility index (Phi) is 4.35. The number of halogens is 5. The van der Waals surface area contributed by atoms with Gasteiger partial charge in [-0.25, -0.2) is 8.78 Å². The first kappa shape index (κ1) is 16.9. The van der Waals surface area contributed by atoms with Gasteiger partial charge in [-0.15, -0.1) is 0 Å². The molecule has 0 spiro atoms. The molecule has 2 N–H and O–H groups in total. The summed E-state index contributed by atoms with van der Waals surface area (Å²) in [4.78, 5) is 15.1. The number of nitrogens with two attached hydrogens (primary N) is 1. The lowest BCUT2D eigenvalue weighted by atomic mass is 9.93. The summed E-state index contributed by atoms with van der Waals surface area (Å²) in [5.41, 5.74) is 3.78. The third kappa shape index (κ3) is 3.46. The van der Waals surface area contributed by atoms with E-state index in [1.54, 1.807) is 0 Å². The first-order chi connectivity index (χ1) is 10.6. The number of pyridine rings is 1. The molecule has 0 aliphatic rings. The second-order valence-corrected chi connectivity index (χ2v) is 4.91. The molecule has 122 valence electrons. The SMILES string of the molecule is C[C@@H](c1ccc(F)c(F)c1)c1ncc(C(F)(F)F)cc1C(N)=O. The molecule has 0 unspecified atom stereocenters. The fourth-order valence-electron chi connectivity index (χ4n) is 2.11. The van der Waals surface area contributed by atoms with Crippen LogP contribution < -0.4 is 5.73 Å². The maximum atomic E-state index is 13.3. The minimum Gasteiger partial charge on any atom is -0.366 e. The van der Waals surface area contributed by atoms with E-state index in [2.05, 4.69) is 4.98 Å². The van der Waals surface area contributed by atoms with Crippen molar-refractivity contribution in [3.63, 3.8) is 0 Å². The number of hydrogen-bond donors (Lipinski definition) is 1. The molecule has 0 fully saturated rings. The van der Waals surface area contributed by atoms with Crippen molar-refractivity contribution in [2.75, 3.05) is 0 Å². The van der Waals surface area contributed by atoms with Gasteiger partial charge in [0.1, 0.15) is 0 Å². The van der Waals surface area contributed by atoms with Crippen LogP contribution in [0.3, 0.4) is 0 Å². The largest absolute Gasteiger partial charge is 0.417 e. The minimum absolute atomic E-state index is 0.0449. The van der Waals surface area contributed by atoms with Crippen molar-refractivity contribution in [2.45, 2.75) is 19.0 Å². The van der Waals surface area contributed by atoms with Crippen LogP contribution in [0.15, 0.2) is 30.5 Å². The number of amides is 1. The number of alkyl halides is 3. The zero-order chi connectivity index (χ0) is 17.4. The van der Waals surface area contributed by atoms with Gasteiger partial charge in [0, 0.05) is 12.1 Å². The maximum absolute atomic E-state index is 13.3. The van der Waals surface area contributed by atoms with Crippen LogP contribution in [0.2, 0.25) is 0 Å². The Labute approximate surface area is 127 Å². The highest BCUT2D eigenvalue weighted by Crippen LogP contribution is 2.32. The molecule has 2 aromatic rings. The van der Waals surface area contributed by atoms with Gasteiger partial charge in [0.05, 0.1) is 16.8 Å². The first-order valence-electron chi connectivity index (χ1n) is 6.43. The van der Waals surface area contributed by atoms with E-state index < -0.39 is 40.8 Å². The molecule has 1 aromatic carbocycles. The number of aromatic nitrogens is 1. The zero-order valence-corrected chi connectivity index (χ0v) is 11.8. The van der Waals surface area contributed by atoms with E-state index in [0.717, 1.165) is 12.1 Å². The van der Waals surface area contributed by atoms with Crippen LogP contribution in [-0.2, 0) is 6.18 Å². The molecule has 2 rings (SSSR count). The molecule has 0 aliphatic heterocycles. The van der Waals surface area contributed by atoms with Crippen molar-refractivity contribution in [3.05, 3.63) is 64.5 Å². The highest BCUT2D eigenvalue weighted by molar-refractivity contribution is 5.94. The molecule has 0 bridgehead atoms. The van der Waals surface area contributed by atoms with E-state index >= 15 is 0 Å². The summed E-state index contributed by atoms with van der Waals surface area (Å²) in [6.45, 7) is 1.49. The smallest absolute Gasteiger partial charge is 0.366 e. The zero-order valence-electron chi connectivity index (χ0n) is 11.8.